The van der Waals surface area contributed by atoms with Gasteiger partial charge in [0.2, 0.25) is 0 Å². The Kier molecular flexibility index (Phi) is 1.60. The van der Waals surface area contributed by atoms with Gasteiger partial charge in [0.1, 0.15) is 12.1 Å². The van der Waals surface area contributed by atoms with E-state index in [9.17, 15) is 4.79 Å². The lowest BCUT2D eigenvalue weighted by atomic mass is 9.84. The maximum absolute atomic E-state index is 11.0. The monoisotopic (exact) mass is 155 g/mol. The molecule has 1 saturated heterocycles. The Morgan fingerprint density at radius 2 is 2.09 bits per heavy atom. The van der Waals surface area contributed by atoms with Crippen molar-refractivity contribution < 1.29 is 9.53 Å². The van der Waals surface area contributed by atoms with Gasteiger partial charge in [-0.25, -0.2) is 0 Å². The minimum atomic E-state index is -0.333. The fraction of sp³-hybridized carbons (Fsp3) is 0.875. The molecule has 3 heteroatoms. The van der Waals surface area contributed by atoms with Crippen LogP contribution in [-0.4, -0.2) is 18.1 Å². The first-order valence-electron chi connectivity index (χ1n) is 4.25. The van der Waals surface area contributed by atoms with Crippen LogP contribution < -0.4 is 5.73 Å². The maximum Gasteiger partial charge on any atom is 0.323 e. The van der Waals surface area contributed by atoms with E-state index in [1.165, 1.54) is 12.8 Å². The van der Waals surface area contributed by atoms with Crippen LogP contribution in [0.1, 0.15) is 25.7 Å². The van der Waals surface area contributed by atoms with Crippen molar-refractivity contribution in [2.45, 2.75) is 37.8 Å². The van der Waals surface area contributed by atoms with Gasteiger partial charge >= 0.3 is 5.97 Å². The second kappa shape index (κ2) is 2.48. The molecule has 2 aliphatic rings. The zero-order valence-electron chi connectivity index (χ0n) is 6.45. The number of rotatable bonds is 0. The van der Waals surface area contributed by atoms with Gasteiger partial charge in [-0.15, -0.1) is 0 Å². The standard InChI is InChI=1S/C8H13NO2/c9-7-5-3-1-2-4-6(5)11-8(7)10/h5-7H,1-4,9H2/t5?,6?,7-/m0/s1. The molecular formula is C8H13NO2. The molecule has 2 unspecified atom stereocenters. The van der Waals surface area contributed by atoms with Gasteiger partial charge in [-0.2, -0.15) is 0 Å². The molecule has 1 saturated carbocycles. The van der Waals surface area contributed by atoms with Gasteiger partial charge in [0.05, 0.1) is 0 Å². The molecule has 1 aliphatic carbocycles. The molecule has 0 aromatic rings. The minimum Gasteiger partial charge on any atom is -0.461 e. The maximum atomic E-state index is 11.0. The quantitative estimate of drug-likeness (QED) is 0.516. The van der Waals surface area contributed by atoms with Gasteiger partial charge in [0.25, 0.3) is 0 Å². The SMILES string of the molecule is N[C@@H]1C(=O)OC2CCCCC21. The summed E-state index contributed by atoms with van der Waals surface area (Å²) >= 11 is 0. The summed E-state index contributed by atoms with van der Waals surface area (Å²) in [5.41, 5.74) is 5.66. The van der Waals surface area contributed by atoms with E-state index < -0.39 is 0 Å². The summed E-state index contributed by atoms with van der Waals surface area (Å²) in [7, 11) is 0. The predicted octanol–water partition coefficient (Wildman–Crippen LogP) is 0.429. The third kappa shape index (κ3) is 1.03. The molecule has 0 amide bonds. The average molecular weight is 155 g/mol. The van der Waals surface area contributed by atoms with Gasteiger partial charge in [0.15, 0.2) is 0 Å². The molecule has 0 spiro atoms. The number of ether oxygens (including phenoxy) is 1. The molecule has 0 radical (unpaired) electrons. The fourth-order valence-corrected chi connectivity index (χ4v) is 2.09. The van der Waals surface area contributed by atoms with Crippen molar-refractivity contribution in [3.05, 3.63) is 0 Å². The number of hydrogen-bond acceptors (Lipinski definition) is 3. The third-order valence-electron chi connectivity index (χ3n) is 2.75. The number of fused-ring (bicyclic) bond motifs is 1. The van der Waals surface area contributed by atoms with E-state index in [1.54, 1.807) is 0 Å². The van der Waals surface area contributed by atoms with Crippen molar-refractivity contribution in [1.29, 1.82) is 0 Å². The largest absolute Gasteiger partial charge is 0.461 e. The number of esters is 1. The van der Waals surface area contributed by atoms with Crippen LogP contribution in [0.15, 0.2) is 0 Å². The highest BCUT2D eigenvalue weighted by Gasteiger charge is 2.43. The molecule has 0 bridgehead atoms. The first kappa shape index (κ1) is 7.10. The summed E-state index contributed by atoms with van der Waals surface area (Å²) < 4.78 is 5.11. The topological polar surface area (TPSA) is 52.3 Å². The molecule has 62 valence electrons. The fourth-order valence-electron chi connectivity index (χ4n) is 2.09. The van der Waals surface area contributed by atoms with Crippen LogP contribution in [0.3, 0.4) is 0 Å². The van der Waals surface area contributed by atoms with Crippen LogP contribution in [0, 0.1) is 5.92 Å². The Balaban J connectivity index is 2.11. The molecule has 0 aromatic heterocycles. The summed E-state index contributed by atoms with van der Waals surface area (Å²) in [6, 6.07) is -0.333. The van der Waals surface area contributed by atoms with Gasteiger partial charge in [-0.1, -0.05) is 6.42 Å². The van der Waals surface area contributed by atoms with Crippen molar-refractivity contribution in [3.63, 3.8) is 0 Å². The van der Waals surface area contributed by atoms with Crippen molar-refractivity contribution in [2.75, 3.05) is 0 Å². The molecule has 1 heterocycles. The third-order valence-corrected chi connectivity index (χ3v) is 2.75. The van der Waals surface area contributed by atoms with E-state index in [4.69, 9.17) is 10.5 Å². The Labute approximate surface area is 65.9 Å². The Morgan fingerprint density at radius 1 is 1.36 bits per heavy atom. The lowest BCUT2D eigenvalue weighted by Gasteiger charge is -2.23. The Hall–Kier alpha value is -0.570. The lowest BCUT2D eigenvalue weighted by Crippen LogP contribution is -2.35. The number of carbonyl (C=O) groups is 1. The van der Waals surface area contributed by atoms with Crippen molar-refractivity contribution in [2.24, 2.45) is 11.7 Å². The van der Waals surface area contributed by atoms with E-state index in [0.717, 1.165) is 12.8 Å². The molecule has 0 aromatic carbocycles. The second-order valence-corrected chi connectivity index (χ2v) is 3.45. The van der Waals surface area contributed by atoms with Crippen LogP contribution in [0.2, 0.25) is 0 Å². The highest BCUT2D eigenvalue weighted by molar-refractivity contribution is 5.78. The van der Waals surface area contributed by atoms with E-state index in [0.29, 0.717) is 5.92 Å². The predicted molar refractivity (Wildman–Crippen MR) is 39.8 cm³/mol. The molecule has 1 aliphatic heterocycles. The molecular weight excluding hydrogens is 142 g/mol. The summed E-state index contributed by atoms with van der Waals surface area (Å²) in [5, 5.41) is 0. The van der Waals surface area contributed by atoms with E-state index in [2.05, 4.69) is 0 Å². The van der Waals surface area contributed by atoms with Crippen molar-refractivity contribution in [1.82, 2.24) is 0 Å². The summed E-state index contributed by atoms with van der Waals surface area (Å²) in [4.78, 5) is 11.0. The van der Waals surface area contributed by atoms with Gasteiger partial charge in [0, 0.05) is 5.92 Å². The van der Waals surface area contributed by atoms with Crippen LogP contribution >= 0.6 is 0 Å². The molecule has 3 atom stereocenters. The molecule has 2 fully saturated rings. The highest BCUT2D eigenvalue weighted by Crippen LogP contribution is 2.33. The molecule has 2 N–H and O–H groups in total. The Morgan fingerprint density at radius 3 is 2.82 bits per heavy atom. The summed E-state index contributed by atoms with van der Waals surface area (Å²) in [5.74, 6) is 0.123. The number of nitrogens with two attached hydrogens (primary N) is 1. The van der Waals surface area contributed by atoms with Crippen LogP contribution in [0.4, 0.5) is 0 Å². The van der Waals surface area contributed by atoms with Crippen molar-refractivity contribution in [3.8, 4) is 0 Å². The Bertz CT molecular complexity index is 181. The van der Waals surface area contributed by atoms with Crippen LogP contribution in [0.5, 0.6) is 0 Å². The minimum absolute atomic E-state index is 0.145. The summed E-state index contributed by atoms with van der Waals surface area (Å²) in [6.45, 7) is 0. The van der Waals surface area contributed by atoms with E-state index in [-0.39, 0.29) is 18.1 Å². The lowest BCUT2D eigenvalue weighted by molar-refractivity contribution is -0.142. The molecule has 11 heavy (non-hydrogen) atoms. The van der Waals surface area contributed by atoms with E-state index in [1.807, 2.05) is 0 Å². The molecule has 2 rings (SSSR count). The van der Waals surface area contributed by atoms with Gasteiger partial charge < -0.3 is 10.5 Å². The van der Waals surface area contributed by atoms with Gasteiger partial charge in [-0.05, 0) is 19.3 Å². The normalized spacial score (nSPS) is 43.4. The zero-order valence-corrected chi connectivity index (χ0v) is 6.45. The highest BCUT2D eigenvalue weighted by atomic mass is 16.6. The number of carbonyl (C=O) groups excluding carboxylic acids is 1. The zero-order chi connectivity index (χ0) is 7.84. The molecule has 3 nitrogen and oxygen atoms in total. The van der Waals surface area contributed by atoms with Crippen LogP contribution in [0.25, 0.3) is 0 Å². The average Bonchev–Trinajstić information content (AvgIpc) is 2.30. The first-order chi connectivity index (χ1) is 5.29. The first-order valence-corrected chi connectivity index (χ1v) is 4.25. The van der Waals surface area contributed by atoms with E-state index >= 15 is 0 Å². The summed E-state index contributed by atoms with van der Waals surface area (Å²) in [6.07, 6.45) is 4.61. The van der Waals surface area contributed by atoms with Crippen LogP contribution in [-0.2, 0) is 9.53 Å². The van der Waals surface area contributed by atoms with Gasteiger partial charge in [-0.3, -0.25) is 4.79 Å². The van der Waals surface area contributed by atoms with Crippen molar-refractivity contribution >= 4 is 5.97 Å². The number of hydrogen-bond donors (Lipinski definition) is 1. The smallest absolute Gasteiger partial charge is 0.323 e. The second-order valence-electron chi connectivity index (χ2n) is 3.45.